The SMILES string of the molecule is CCN1C(=O)C(CC(=O)Nc2ccccc2Br)SC1=Nc1cccc(Cl)c1. The molecule has 0 radical (unpaired) electrons. The summed E-state index contributed by atoms with van der Waals surface area (Å²) in [4.78, 5) is 31.2. The van der Waals surface area contributed by atoms with Crippen LogP contribution in [0.1, 0.15) is 13.3 Å². The molecule has 0 saturated carbocycles. The van der Waals surface area contributed by atoms with E-state index in [0.717, 1.165) is 4.47 Å². The number of nitrogens with zero attached hydrogens (tertiary/aromatic N) is 2. The number of amidine groups is 1. The third kappa shape index (κ3) is 4.91. The molecule has 5 nitrogen and oxygen atoms in total. The molecular weight excluding hydrogens is 450 g/mol. The Morgan fingerprint density at radius 2 is 2.07 bits per heavy atom. The van der Waals surface area contributed by atoms with E-state index in [2.05, 4.69) is 26.2 Å². The second-order valence-electron chi connectivity index (χ2n) is 5.80. The number of rotatable bonds is 5. The Balaban J connectivity index is 1.72. The molecule has 8 heteroatoms. The highest BCUT2D eigenvalue weighted by molar-refractivity contribution is 9.10. The van der Waals surface area contributed by atoms with Gasteiger partial charge in [0.2, 0.25) is 11.8 Å². The normalized spacial score (nSPS) is 18.2. The van der Waals surface area contributed by atoms with Gasteiger partial charge in [0.1, 0.15) is 5.25 Å². The van der Waals surface area contributed by atoms with Crippen molar-refractivity contribution in [2.24, 2.45) is 4.99 Å². The van der Waals surface area contributed by atoms with Gasteiger partial charge >= 0.3 is 0 Å². The summed E-state index contributed by atoms with van der Waals surface area (Å²) in [6.07, 6.45) is 0.0793. The van der Waals surface area contributed by atoms with Gasteiger partial charge in [-0.3, -0.25) is 14.5 Å². The largest absolute Gasteiger partial charge is 0.325 e. The highest BCUT2D eigenvalue weighted by Crippen LogP contribution is 2.32. The van der Waals surface area contributed by atoms with E-state index in [0.29, 0.717) is 28.1 Å². The van der Waals surface area contributed by atoms with Crippen LogP contribution >= 0.6 is 39.3 Å². The third-order valence-corrected chi connectivity index (χ3v) is 5.99. The highest BCUT2D eigenvalue weighted by Gasteiger charge is 2.38. The van der Waals surface area contributed by atoms with E-state index in [1.54, 1.807) is 23.1 Å². The van der Waals surface area contributed by atoms with Crippen molar-refractivity contribution in [2.75, 3.05) is 11.9 Å². The standard InChI is InChI=1S/C19H17BrClN3O2S/c1-2-24-18(26)16(11-17(25)23-15-9-4-3-8-14(15)20)27-19(24)22-13-7-5-6-12(21)10-13/h3-10,16H,2,11H2,1H3,(H,23,25). The molecule has 2 amide bonds. The fraction of sp³-hybridized carbons (Fsp3) is 0.211. The molecule has 0 spiro atoms. The number of halogens is 2. The van der Waals surface area contributed by atoms with Crippen LogP contribution in [0.25, 0.3) is 0 Å². The molecule has 0 aliphatic carbocycles. The lowest BCUT2D eigenvalue weighted by Gasteiger charge is -2.13. The Morgan fingerprint density at radius 3 is 2.78 bits per heavy atom. The van der Waals surface area contributed by atoms with Crippen LogP contribution in [-0.4, -0.2) is 33.7 Å². The Kier molecular flexibility index (Phi) is 6.57. The lowest BCUT2D eigenvalue weighted by Crippen LogP contribution is -2.33. The maximum absolute atomic E-state index is 12.7. The number of hydrogen-bond acceptors (Lipinski definition) is 4. The molecule has 2 aromatic carbocycles. The molecule has 2 aromatic rings. The van der Waals surface area contributed by atoms with Gasteiger partial charge in [-0.1, -0.05) is 41.6 Å². The summed E-state index contributed by atoms with van der Waals surface area (Å²) in [5, 5.41) is 3.51. The Hall–Kier alpha value is -1.83. The first-order valence-corrected chi connectivity index (χ1v) is 10.4. The molecule has 1 fully saturated rings. The molecule has 0 bridgehead atoms. The molecule has 1 unspecified atom stereocenters. The number of carbonyl (C=O) groups is 2. The topological polar surface area (TPSA) is 61.8 Å². The fourth-order valence-electron chi connectivity index (χ4n) is 2.60. The molecular formula is C19H17BrClN3O2S. The zero-order valence-corrected chi connectivity index (χ0v) is 17.6. The first kappa shape index (κ1) is 19.9. The number of hydrogen-bond donors (Lipinski definition) is 1. The predicted molar refractivity (Wildman–Crippen MR) is 115 cm³/mol. The van der Waals surface area contributed by atoms with Crippen LogP contribution < -0.4 is 5.32 Å². The lowest BCUT2D eigenvalue weighted by molar-refractivity contribution is -0.128. The smallest absolute Gasteiger partial charge is 0.242 e. The minimum atomic E-state index is -0.495. The van der Waals surface area contributed by atoms with E-state index >= 15 is 0 Å². The van der Waals surface area contributed by atoms with Crippen LogP contribution in [0.5, 0.6) is 0 Å². The van der Waals surface area contributed by atoms with Crippen molar-refractivity contribution in [3.63, 3.8) is 0 Å². The van der Waals surface area contributed by atoms with Gasteiger partial charge in [0.25, 0.3) is 0 Å². The second-order valence-corrected chi connectivity index (χ2v) is 8.26. The Bertz CT molecular complexity index is 906. The second kappa shape index (κ2) is 8.91. The van der Waals surface area contributed by atoms with Crippen molar-refractivity contribution in [1.82, 2.24) is 4.90 Å². The molecule has 1 N–H and O–H groups in total. The quantitative estimate of drug-likeness (QED) is 0.668. The van der Waals surface area contributed by atoms with E-state index in [4.69, 9.17) is 11.6 Å². The highest BCUT2D eigenvalue weighted by atomic mass is 79.9. The number of thioether (sulfide) groups is 1. The molecule has 140 valence electrons. The van der Waals surface area contributed by atoms with Crippen molar-refractivity contribution in [3.05, 3.63) is 58.0 Å². The molecule has 1 aliphatic heterocycles. The van der Waals surface area contributed by atoms with Gasteiger partial charge in [0.05, 0.1) is 11.4 Å². The zero-order valence-electron chi connectivity index (χ0n) is 14.5. The van der Waals surface area contributed by atoms with Crippen LogP contribution in [0, 0.1) is 0 Å². The summed E-state index contributed by atoms with van der Waals surface area (Å²) in [5.74, 6) is -0.321. The zero-order chi connectivity index (χ0) is 19.4. The van der Waals surface area contributed by atoms with E-state index in [1.807, 2.05) is 37.3 Å². The first-order valence-electron chi connectivity index (χ1n) is 8.34. The van der Waals surface area contributed by atoms with Crippen LogP contribution in [-0.2, 0) is 9.59 Å². The van der Waals surface area contributed by atoms with Gasteiger partial charge in [0, 0.05) is 22.5 Å². The van der Waals surface area contributed by atoms with Crippen LogP contribution in [0.4, 0.5) is 11.4 Å². The van der Waals surface area contributed by atoms with Crippen LogP contribution in [0.15, 0.2) is 58.0 Å². The molecule has 1 saturated heterocycles. The van der Waals surface area contributed by atoms with E-state index in [1.165, 1.54) is 11.8 Å². The average Bonchev–Trinajstić information content (AvgIpc) is 2.91. The minimum absolute atomic E-state index is 0.0793. The van der Waals surface area contributed by atoms with Gasteiger partial charge in [-0.05, 0) is 53.2 Å². The average molecular weight is 467 g/mol. The van der Waals surface area contributed by atoms with Crippen LogP contribution in [0.2, 0.25) is 5.02 Å². The number of benzene rings is 2. The monoisotopic (exact) mass is 465 g/mol. The number of para-hydroxylation sites is 1. The Morgan fingerprint density at radius 1 is 1.30 bits per heavy atom. The first-order chi connectivity index (χ1) is 13.0. The predicted octanol–water partition coefficient (Wildman–Crippen LogP) is 5.08. The summed E-state index contributed by atoms with van der Waals surface area (Å²) in [6.45, 7) is 2.38. The van der Waals surface area contributed by atoms with E-state index < -0.39 is 5.25 Å². The van der Waals surface area contributed by atoms with Crippen molar-refractivity contribution in [2.45, 2.75) is 18.6 Å². The fourth-order valence-corrected chi connectivity index (χ4v) is 4.39. The molecule has 3 rings (SSSR count). The van der Waals surface area contributed by atoms with Gasteiger partial charge in [-0.2, -0.15) is 0 Å². The number of anilines is 1. The summed E-state index contributed by atoms with van der Waals surface area (Å²) >= 11 is 10.7. The van der Waals surface area contributed by atoms with Gasteiger partial charge in [-0.15, -0.1) is 0 Å². The molecule has 1 heterocycles. The van der Waals surface area contributed by atoms with E-state index in [-0.39, 0.29) is 18.2 Å². The van der Waals surface area contributed by atoms with Crippen molar-refractivity contribution in [3.8, 4) is 0 Å². The van der Waals surface area contributed by atoms with Gasteiger partial charge < -0.3 is 5.32 Å². The number of aliphatic imine (C=N–C) groups is 1. The molecule has 1 aliphatic rings. The summed E-state index contributed by atoms with van der Waals surface area (Å²) < 4.78 is 0.794. The third-order valence-electron chi connectivity index (χ3n) is 3.89. The van der Waals surface area contributed by atoms with Crippen molar-refractivity contribution >= 4 is 67.6 Å². The van der Waals surface area contributed by atoms with E-state index in [9.17, 15) is 9.59 Å². The summed E-state index contributed by atoms with van der Waals surface area (Å²) in [7, 11) is 0. The molecule has 27 heavy (non-hydrogen) atoms. The van der Waals surface area contributed by atoms with Crippen LogP contribution in [0.3, 0.4) is 0 Å². The number of carbonyl (C=O) groups excluding carboxylic acids is 2. The maximum Gasteiger partial charge on any atom is 0.242 e. The minimum Gasteiger partial charge on any atom is -0.325 e. The van der Waals surface area contributed by atoms with Crippen molar-refractivity contribution < 1.29 is 9.59 Å². The number of nitrogens with one attached hydrogen (secondary N) is 1. The Labute approximate surface area is 175 Å². The lowest BCUT2D eigenvalue weighted by atomic mass is 10.2. The van der Waals surface area contributed by atoms with Gasteiger partial charge in [0.15, 0.2) is 5.17 Å². The number of amides is 2. The maximum atomic E-state index is 12.7. The molecule has 1 atom stereocenters. The van der Waals surface area contributed by atoms with Gasteiger partial charge in [-0.25, -0.2) is 4.99 Å². The molecule has 0 aromatic heterocycles. The summed E-state index contributed by atoms with van der Waals surface area (Å²) in [5.41, 5.74) is 1.35. The van der Waals surface area contributed by atoms with Crippen molar-refractivity contribution in [1.29, 1.82) is 0 Å². The summed E-state index contributed by atoms with van der Waals surface area (Å²) in [6, 6.07) is 14.5.